The molecule has 0 bridgehead atoms. The van der Waals surface area contributed by atoms with Gasteiger partial charge in [-0.3, -0.25) is 9.59 Å². The highest BCUT2D eigenvalue weighted by Crippen LogP contribution is 2.33. The molecule has 1 aromatic heterocycles. The van der Waals surface area contributed by atoms with Gasteiger partial charge in [-0.2, -0.15) is 0 Å². The van der Waals surface area contributed by atoms with Gasteiger partial charge in [0, 0.05) is 6.54 Å². The molecule has 5 nitrogen and oxygen atoms in total. The van der Waals surface area contributed by atoms with E-state index in [1.807, 2.05) is 4.90 Å². The summed E-state index contributed by atoms with van der Waals surface area (Å²) in [5, 5.41) is 0.746. The smallest absolute Gasteiger partial charge is 0.260 e. The van der Waals surface area contributed by atoms with E-state index in [1.165, 1.54) is 29.7 Å². The van der Waals surface area contributed by atoms with Gasteiger partial charge in [-0.15, -0.1) is 11.3 Å². The molecule has 0 unspecified atom stereocenters. The number of hydrogen-bond donors (Lipinski definition) is 1. The van der Waals surface area contributed by atoms with Gasteiger partial charge in [0.25, 0.3) is 5.91 Å². The van der Waals surface area contributed by atoms with Crippen LogP contribution in [0.5, 0.6) is 0 Å². The number of thiazole rings is 1. The molecule has 1 saturated heterocycles. The van der Waals surface area contributed by atoms with Gasteiger partial charge in [0.2, 0.25) is 5.91 Å². The minimum Gasteiger partial charge on any atom is -0.365 e. The fourth-order valence-electron chi connectivity index (χ4n) is 2.92. The molecule has 3 rings (SSSR count). The first-order chi connectivity index (χ1) is 11.5. The van der Waals surface area contributed by atoms with Crippen LogP contribution >= 0.6 is 11.3 Å². The molecule has 1 aliphatic rings. The zero-order valence-electron chi connectivity index (χ0n) is 13.1. The van der Waals surface area contributed by atoms with Crippen LogP contribution in [-0.4, -0.2) is 28.2 Å². The van der Waals surface area contributed by atoms with Gasteiger partial charge in [-0.1, -0.05) is 12.1 Å². The molecule has 126 valence electrons. The topological polar surface area (TPSA) is 76.3 Å². The van der Waals surface area contributed by atoms with E-state index in [4.69, 9.17) is 5.73 Å². The average molecular weight is 347 g/mol. The Balaban J connectivity index is 1.76. The van der Waals surface area contributed by atoms with E-state index in [2.05, 4.69) is 4.98 Å². The van der Waals surface area contributed by atoms with Crippen LogP contribution in [0.2, 0.25) is 0 Å². The van der Waals surface area contributed by atoms with E-state index >= 15 is 0 Å². The molecule has 24 heavy (non-hydrogen) atoms. The zero-order chi connectivity index (χ0) is 17.1. The van der Waals surface area contributed by atoms with Gasteiger partial charge >= 0.3 is 0 Å². The van der Waals surface area contributed by atoms with Crippen LogP contribution in [0.1, 0.15) is 45.5 Å². The largest absolute Gasteiger partial charge is 0.365 e. The maximum atomic E-state index is 13.0. The van der Waals surface area contributed by atoms with Crippen molar-refractivity contribution in [3.8, 4) is 0 Å². The van der Waals surface area contributed by atoms with E-state index in [1.54, 1.807) is 12.1 Å². The van der Waals surface area contributed by atoms with Crippen molar-refractivity contribution in [2.24, 2.45) is 5.73 Å². The summed E-state index contributed by atoms with van der Waals surface area (Å²) in [6, 6.07) is 5.85. The second kappa shape index (κ2) is 7.09. The number of amides is 2. The molecule has 7 heteroatoms. The number of likely N-dealkylation sites (tertiary alicyclic amines) is 1. The average Bonchev–Trinajstić information content (AvgIpc) is 3.07. The zero-order valence-corrected chi connectivity index (χ0v) is 13.9. The van der Waals surface area contributed by atoms with Gasteiger partial charge in [-0.05, 0) is 37.0 Å². The van der Waals surface area contributed by atoms with Crippen LogP contribution in [0, 0.1) is 5.82 Å². The lowest BCUT2D eigenvalue weighted by molar-refractivity contribution is -0.134. The second-order valence-electron chi connectivity index (χ2n) is 5.83. The summed E-state index contributed by atoms with van der Waals surface area (Å²) in [5.41, 5.74) is 6.07. The van der Waals surface area contributed by atoms with E-state index in [9.17, 15) is 14.0 Å². The number of carbonyl (C=O) groups is 2. The highest BCUT2D eigenvalue weighted by molar-refractivity contribution is 7.13. The van der Waals surface area contributed by atoms with Gasteiger partial charge in [0.05, 0.1) is 18.7 Å². The SMILES string of the molecule is NC(=O)c1cnc([C@@H]2CCCCN2C(=O)Cc2ccc(F)cc2)s1. The van der Waals surface area contributed by atoms with E-state index in [-0.39, 0.29) is 24.2 Å². The molecule has 0 aliphatic carbocycles. The number of nitrogens with two attached hydrogens (primary N) is 1. The van der Waals surface area contributed by atoms with Crippen LogP contribution in [0.25, 0.3) is 0 Å². The van der Waals surface area contributed by atoms with Crippen molar-refractivity contribution >= 4 is 23.2 Å². The summed E-state index contributed by atoms with van der Waals surface area (Å²) in [6.45, 7) is 0.663. The van der Waals surface area contributed by atoms with Crippen LogP contribution in [0.4, 0.5) is 4.39 Å². The summed E-state index contributed by atoms with van der Waals surface area (Å²) >= 11 is 1.25. The Morgan fingerprint density at radius 1 is 1.29 bits per heavy atom. The molecule has 1 atom stereocenters. The number of benzene rings is 1. The molecule has 1 aromatic carbocycles. The molecule has 0 spiro atoms. The van der Waals surface area contributed by atoms with E-state index < -0.39 is 5.91 Å². The second-order valence-corrected chi connectivity index (χ2v) is 6.89. The summed E-state index contributed by atoms with van der Waals surface area (Å²) in [7, 11) is 0. The Bertz CT molecular complexity index is 745. The van der Waals surface area contributed by atoms with Gasteiger partial charge in [0.1, 0.15) is 15.7 Å². The van der Waals surface area contributed by atoms with Crippen molar-refractivity contribution < 1.29 is 14.0 Å². The van der Waals surface area contributed by atoms with Crippen molar-refractivity contribution in [2.75, 3.05) is 6.54 Å². The highest BCUT2D eigenvalue weighted by atomic mass is 32.1. The van der Waals surface area contributed by atoms with Crippen LogP contribution in [0.3, 0.4) is 0 Å². The van der Waals surface area contributed by atoms with Crippen LogP contribution in [0.15, 0.2) is 30.5 Å². The molecule has 0 radical (unpaired) electrons. The van der Waals surface area contributed by atoms with Crippen molar-refractivity contribution in [1.29, 1.82) is 0 Å². The highest BCUT2D eigenvalue weighted by Gasteiger charge is 2.30. The summed E-state index contributed by atoms with van der Waals surface area (Å²) < 4.78 is 13.0. The number of primary amides is 1. The molecular formula is C17H18FN3O2S. The first-order valence-corrected chi connectivity index (χ1v) is 8.65. The number of carbonyl (C=O) groups excluding carboxylic acids is 2. The number of piperidine rings is 1. The van der Waals surface area contributed by atoms with Crippen molar-refractivity contribution in [2.45, 2.75) is 31.7 Å². The first-order valence-electron chi connectivity index (χ1n) is 7.84. The Labute approximate surface area is 143 Å². The van der Waals surface area contributed by atoms with Crippen LogP contribution in [-0.2, 0) is 11.2 Å². The quantitative estimate of drug-likeness (QED) is 0.924. The van der Waals surface area contributed by atoms with Crippen molar-refractivity contribution in [1.82, 2.24) is 9.88 Å². The van der Waals surface area contributed by atoms with Gasteiger partial charge in [-0.25, -0.2) is 9.37 Å². The first kappa shape index (κ1) is 16.6. The molecule has 1 fully saturated rings. The lowest BCUT2D eigenvalue weighted by atomic mass is 10.0. The molecule has 1 aliphatic heterocycles. The summed E-state index contributed by atoms with van der Waals surface area (Å²) in [4.78, 5) is 30.5. The van der Waals surface area contributed by atoms with Gasteiger partial charge < -0.3 is 10.6 Å². The number of rotatable bonds is 4. The number of halogens is 1. The minimum absolute atomic E-state index is 0.0119. The predicted octanol–water partition coefficient (Wildman–Crippen LogP) is 2.68. The monoisotopic (exact) mass is 347 g/mol. The van der Waals surface area contributed by atoms with E-state index in [0.29, 0.717) is 11.4 Å². The molecular weight excluding hydrogens is 329 g/mol. The standard InChI is InChI=1S/C17H18FN3O2S/c18-12-6-4-11(5-7-12)9-15(22)21-8-2-1-3-13(21)17-20-10-14(24-17)16(19)23/h4-7,10,13H,1-3,8-9H2,(H2,19,23)/t13-/m0/s1. The van der Waals surface area contributed by atoms with E-state index in [0.717, 1.165) is 29.8 Å². The fourth-order valence-corrected chi connectivity index (χ4v) is 3.84. The normalized spacial score (nSPS) is 17.7. The number of aromatic nitrogens is 1. The third-order valence-electron chi connectivity index (χ3n) is 4.14. The van der Waals surface area contributed by atoms with Gasteiger partial charge in [0.15, 0.2) is 0 Å². The molecule has 0 saturated carbocycles. The number of nitrogens with zero attached hydrogens (tertiary/aromatic N) is 2. The molecule has 2 N–H and O–H groups in total. The molecule has 2 amide bonds. The maximum absolute atomic E-state index is 13.0. The fraction of sp³-hybridized carbons (Fsp3) is 0.353. The summed E-state index contributed by atoms with van der Waals surface area (Å²) in [6.07, 6.45) is 4.47. The Kier molecular flexibility index (Phi) is 4.89. The number of hydrogen-bond acceptors (Lipinski definition) is 4. The molecule has 2 aromatic rings. The lowest BCUT2D eigenvalue weighted by Crippen LogP contribution is -2.39. The third-order valence-corrected chi connectivity index (χ3v) is 5.26. The van der Waals surface area contributed by atoms with Crippen molar-refractivity contribution in [3.05, 3.63) is 51.7 Å². The Morgan fingerprint density at radius 2 is 2.04 bits per heavy atom. The van der Waals surface area contributed by atoms with Crippen molar-refractivity contribution in [3.63, 3.8) is 0 Å². The Morgan fingerprint density at radius 3 is 2.71 bits per heavy atom. The Hall–Kier alpha value is -2.28. The van der Waals surface area contributed by atoms with Crippen LogP contribution < -0.4 is 5.73 Å². The maximum Gasteiger partial charge on any atom is 0.260 e. The predicted molar refractivity (Wildman–Crippen MR) is 89.0 cm³/mol. The summed E-state index contributed by atoms with van der Waals surface area (Å²) in [5.74, 6) is -0.829. The lowest BCUT2D eigenvalue weighted by Gasteiger charge is -2.34. The third kappa shape index (κ3) is 3.62. The molecule has 2 heterocycles. The minimum atomic E-state index is -0.501.